The summed E-state index contributed by atoms with van der Waals surface area (Å²) in [6.07, 6.45) is 3.25. The Hall–Kier alpha value is -0.970. The molecule has 0 aliphatic heterocycles. The van der Waals surface area contributed by atoms with E-state index in [1.807, 2.05) is 24.3 Å². The third-order valence-corrected chi connectivity index (χ3v) is 5.00. The summed E-state index contributed by atoms with van der Waals surface area (Å²) in [6, 6.07) is 11.0. The van der Waals surface area contributed by atoms with E-state index in [0.717, 1.165) is 55.9 Å². The van der Waals surface area contributed by atoms with Crippen LogP contribution in [0.25, 0.3) is 0 Å². The minimum absolute atomic E-state index is 0.304. The highest BCUT2D eigenvalue weighted by atomic mass is 35.5. The average Bonchev–Trinajstić information content (AvgIpc) is 2.65. The molecule has 0 atom stereocenters. The topological polar surface area (TPSA) is 30.5 Å². The predicted molar refractivity (Wildman–Crippen MR) is 114 cm³/mol. The van der Waals surface area contributed by atoms with Gasteiger partial charge in [0.1, 0.15) is 12.4 Å². The van der Waals surface area contributed by atoms with Gasteiger partial charge in [0.05, 0.1) is 0 Å². The third kappa shape index (κ3) is 7.89. The van der Waals surface area contributed by atoms with Crippen LogP contribution in [0.1, 0.15) is 37.3 Å². The molecular formula is C21H26Cl3NO2. The highest BCUT2D eigenvalue weighted by Gasteiger charge is 2.09. The highest BCUT2D eigenvalue weighted by Crippen LogP contribution is 2.28. The summed E-state index contributed by atoms with van der Waals surface area (Å²) in [6.45, 7) is 5.62. The lowest BCUT2D eigenvalue weighted by atomic mass is 10.2. The Morgan fingerprint density at radius 1 is 0.963 bits per heavy atom. The van der Waals surface area contributed by atoms with Gasteiger partial charge >= 0.3 is 0 Å². The number of nitrogens with one attached hydrogen (secondary N) is 1. The summed E-state index contributed by atoms with van der Waals surface area (Å²) in [4.78, 5) is 0. The van der Waals surface area contributed by atoms with Crippen LogP contribution in [0.3, 0.4) is 0 Å². The van der Waals surface area contributed by atoms with E-state index >= 15 is 0 Å². The molecule has 0 aliphatic carbocycles. The molecule has 2 rings (SSSR count). The average molecular weight is 431 g/mol. The van der Waals surface area contributed by atoms with Gasteiger partial charge < -0.3 is 14.8 Å². The van der Waals surface area contributed by atoms with Crippen LogP contribution < -0.4 is 10.1 Å². The van der Waals surface area contributed by atoms with E-state index in [0.29, 0.717) is 28.2 Å². The monoisotopic (exact) mass is 429 g/mol. The molecule has 0 heterocycles. The smallest absolute Gasteiger partial charge is 0.124 e. The van der Waals surface area contributed by atoms with Crippen LogP contribution in [-0.4, -0.2) is 19.8 Å². The molecule has 2 aromatic carbocycles. The molecule has 0 bridgehead atoms. The number of unbranched alkanes of at least 4 members (excludes halogenated alkanes) is 1. The fourth-order valence-corrected chi connectivity index (χ4v) is 3.22. The fourth-order valence-electron chi connectivity index (χ4n) is 2.52. The van der Waals surface area contributed by atoms with E-state index in [1.165, 1.54) is 0 Å². The van der Waals surface area contributed by atoms with Crippen molar-refractivity contribution in [1.82, 2.24) is 5.32 Å². The molecule has 2 aromatic rings. The van der Waals surface area contributed by atoms with Crippen LogP contribution in [0.2, 0.25) is 15.1 Å². The molecule has 0 aromatic heterocycles. The quantitative estimate of drug-likeness (QED) is 0.389. The Morgan fingerprint density at radius 3 is 2.44 bits per heavy atom. The van der Waals surface area contributed by atoms with Crippen molar-refractivity contribution in [3.63, 3.8) is 0 Å². The van der Waals surface area contributed by atoms with E-state index in [2.05, 4.69) is 12.2 Å². The second-order valence-electron chi connectivity index (χ2n) is 6.24. The predicted octanol–water partition coefficient (Wildman–Crippen LogP) is 6.52. The molecule has 0 spiro atoms. The van der Waals surface area contributed by atoms with Crippen molar-refractivity contribution in [3.05, 3.63) is 62.6 Å². The van der Waals surface area contributed by atoms with Gasteiger partial charge in [0, 0.05) is 46.0 Å². The number of benzene rings is 2. The lowest BCUT2D eigenvalue weighted by Crippen LogP contribution is -2.17. The Labute approximate surface area is 176 Å². The van der Waals surface area contributed by atoms with Crippen molar-refractivity contribution in [2.24, 2.45) is 0 Å². The first kappa shape index (κ1) is 22.3. The second-order valence-corrected chi connectivity index (χ2v) is 7.49. The van der Waals surface area contributed by atoms with E-state index < -0.39 is 0 Å². The van der Waals surface area contributed by atoms with Crippen molar-refractivity contribution in [1.29, 1.82) is 0 Å². The molecule has 0 saturated heterocycles. The summed E-state index contributed by atoms with van der Waals surface area (Å²) in [7, 11) is 0. The van der Waals surface area contributed by atoms with Crippen molar-refractivity contribution in [2.75, 3.05) is 19.8 Å². The van der Waals surface area contributed by atoms with Crippen LogP contribution in [0, 0.1) is 0 Å². The number of rotatable bonds is 12. The number of halogens is 3. The lowest BCUT2D eigenvalue weighted by Gasteiger charge is -2.14. The van der Waals surface area contributed by atoms with Gasteiger partial charge in [0.2, 0.25) is 0 Å². The first-order chi connectivity index (χ1) is 13.1. The van der Waals surface area contributed by atoms with Crippen LogP contribution in [0.15, 0.2) is 36.4 Å². The van der Waals surface area contributed by atoms with Crippen LogP contribution in [-0.2, 0) is 17.9 Å². The molecule has 0 fully saturated rings. The normalized spacial score (nSPS) is 11.0. The fraction of sp³-hybridized carbons (Fsp3) is 0.429. The number of hydrogen-bond acceptors (Lipinski definition) is 3. The van der Waals surface area contributed by atoms with Crippen molar-refractivity contribution in [2.45, 2.75) is 39.3 Å². The Kier molecular flexibility index (Phi) is 10.3. The minimum atomic E-state index is 0.304. The Bertz CT molecular complexity index is 690. The van der Waals surface area contributed by atoms with Gasteiger partial charge in [-0.15, -0.1) is 0 Å². The van der Waals surface area contributed by atoms with E-state index in [4.69, 9.17) is 44.3 Å². The number of ether oxygens (including phenoxy) is 2. The van der Waals surface area contributed by atoms with Gasteiger partial charge in [-0.3, -0.25) is 0 Å². The molecule has 148 valence electrons. The molecule has 0 aliphatic rings. The first-order valence-corrected chi connectivity index (χ1v) is 10.4. The maximum atomic E-state index is 6.21. The second kappa shape index (κ2) is 12.5. The van der Waals surface area contributed by atoms with E-state index in [-0.39, 0.29) is 0 Å². The summed E-state index contributed by atoms with van der Waals surface area (Å²) in [5, 5.41) is 5.28. The molecule has 0 radical (unpaired) electrons. The third-order valence-electron chi connectivity index (χ3n) is 4.06. The van der Waals surface area contributed by atoms with Crippen molar-refractivity contribution < 1.29 is 9.47 Å². The highest BCUT2D eigenvalue weighted by molar-refractivity contribution is 6.36. The Morgan fingerprint density at radius 2 is 1.70 bits per heavy atom. The van der Waals surface area contributed by atoms with Crippen LogP contribution in [0.4, 0.5) is 0 Å². The maximum absolute atomic E-state index is 6.21. The molecule has 0 unspecified atom stereocenters. The SMILES string of the molecule is CCCCOCCCNCc1cc(Cl)ccc1OCc1c(Cl)cccc1Cl. The zero-order valence-corrected chi connectivity index (χ0v) is 17.8. The maximum Gasteiger partial charge on any atom is 0.124 e. The van der Waals surface area contributed by atoms with Crippen LogP contribution >= 0.6 is 34.8 Å². The van der Waals surface area contributed by atoms with E-state index in [1.54, 1.807) is 12.1 Å². The first-order valence-electron chi connectivity index (χ1n) is 9.24. The largest absolute Gasteiger partial charge is 0.488 e. The molecule has 3 nitrogen and oxygen atoms in total. The lowest BCUT2D eigenvalue weighted by molar-refractivity contribution is 0.128. The molecule has 0 saturated carbocycles. The molecular weight excluding hydrogens is 405 g/mol. The van der Waals surface area contributed by atoms with E-state index in [9.17, 15) is 0 Å². The van der Waals surface area contributed by atoms with Crippen molar-refractivity contribution in [3.8, 4) is 5.75 Å². The van der Waals surface area contributed by atoms with Gasteiger partial charge in [0.25, 0.3) is 0 Å². The standard InChI is InChI=1S/C21H26Cl3NO2/c1-2-3-11-26-12-5-10-25-14-16-13-17(22)8-9-21(16)27-15-18-19(23)6-4-7-20(18)24/h4,6-9,13,25H,2-3,5,10-12,14-15H2,1H3. The zero-order chi connectivity index (χ0) is 19.5. The van der Waals surface area contributed by atoms with Gasteiger partial charge in [-0.2, -0.15) is 0 Å². The molecule has 27 heavy (non-hydrogen) atoms. The molecule has 0 amide bonds. The Balaban J connectivity index is 1.85. The van der Waals surface area contributed by atoms with Gasteiger partial charge in [-0.1, -0.05) is 54.2 Å². The summed E-state index contributed by atoms with van der Waals surface area (Å²) in [5.74, 6) is 0.766. The number of hydrogen-bond donors (Lipinski definition) is 1. The minimum Gasteiger partial charge on any atom is -0.488 e. The molecule has 1 N–H and O–H groups in total. The molecule has 6 heteroatoms. The van der Waals surface area contributed by atoms with Gasteiger partial charge in [-0.25, -0.2) is 0 Å². The summed E-state index contributed by atoms with van der Waals surface area (Å²) >= 11 is 18.6. The van der Waals surface area contributed by atoms with Crippen molar-refractivity contribution >= 4 is 34.8 Å². The van der Waals surface area contributed by atoms with Gasteiger partial charge in [-0.05, 0) is 49.7 Å². The van der Waals surface area contributed by atoms with Gasteiger partial charge in [0.15, 0.2) is 0 Å². The summed E-state index contributed by atoms with van der Waals surface area (Å²) < 4.78 is 11.5. The van der Waals surface area contributed by atoms with Crippen LogP contribution in [0.5, 0.6) is 5.75 Å². The zero-order valence-electron chi connectivity index (χ0n) is 15.6. The summed E-state index contributed by atoms with van der Waals surface area (Å²) in [5.41, 5.74) is 1.77.